The molecule has 0 saturated heterocycles. The Hall–Kier alpha value is -2.78. The fourth-order valence-corrected chi connectivity index (χ4v) is 3.59. The van der Waals surface area contributed by atoms with Crippen molar-refractivity contribution in [2.75, 3.05) is 12.4 Å². The van der Waals surface area contributed by atoms with Crippen LogP contribution in [0.25, 0.3) is 16.3 Å². The summed E-state index contributed by atoms with van der Waals surface area (Å²) in [5, 5.41) is 13.8. The number of para-hydroxylation sites is 1. The average Bonchev–Trinajstić information content (AvgIpc) is 3.18. The SMILES string of the molecule is COc1cccc2sc(NC(=O)/C=C/c3ccc([N+](=O)[O-])s3)nc12. The van der Waals surface area contributed by atoms with E-state index in [2.05, 4.69) is 10.3 Å². The van der Waals surface area contributed by atoms with Crippen LogP contribution in [0.3, 0.4) is 0 Å². The number of carbonyl (C=O) groups is 1. The van der Waals surface area contributed by atoms with Crippen LogP contribution in [0.15, 0.2) is 36.4 Å². The van der Waals surface area contributed by atoms with Gasteiger partial charge in [-0.1, -0.05) is 28.7 Å². The number of rotatable bonds is 5. The van der Waals surface area contributed by atoms with Gasteiger partial charge in [0.25, 0.3) is 0 Å². The highest BCUT2D eigenvalue weighted by molar-refractivity contribution is 7.22. The van der Waals surface area contributed by atoms with Gasteiger partial charge in [-0.2, -0.15) is 0 Å². The molecule has 0 aliphatic heterocycles. The molecule has 0 aliphatic carbocycles. The molecule has 0 bridgehead atoms. The zero-order valence-corrected chi connectivity index (χ0v) is 14.0. The number of anilines is 1. The molecule has 0 spiro atoms. The van der Waals surface area contributed by atoms with E-state index < -0.39 is 4.92 Å². The lowest BCUT2D eigenvalue weighted by Gasteiger charge is -1.98. The highest BCUT2D eigenvalue weighted by Gasteiger charge is 2.10. The molecule has 0 radical (unpaired) electrons. The first-order chi connectivity index (χ1) is 11.6. The summed E-state index contributed by atoms with van der Waals surface area (Å²) in [4.78, 5) is 27.1. The summed E-state index contributed by atoms with van der Waals surface area (Å²) >= 11 is 2.34. The van der Waals surface area contributed by atoms with Crippen LogP contribution in [0.1, 0.15) is 4.88 Å². The molecule has 0 atom stereocenters. The van der Waals surface area contributed by atoms with Gasteiger partial charge in [0, 0.05) is 17.0 Å². The summed E-state index contributed by atoms with van der Waals surface area (Å²) in [5.74, 6) is 0.287. The number of thiazole rings is 1. The Kier molecular flexibility index (Phi) is 4.54. The van der Waals surface area contributed by atoms with E-state index in [1.165, 1.54) is 29.6 Å². The zero-order chi connectivity index (χ0) is 17.1. The summed E-state index contributed by atoms with van der Waals surface area (Å²) in [5.41, 5.74) is 0.693. The van der Waals surface area contributed by atoms with Gasteiger partial charge in [-0.15, -0.1) is 0 Å². The topological polar surface area (TPSA) is 94.4 Å². The first-order valence-electron chi connectivity index (χ1n) is 6.73. The highest BCUT2D eigenvalue weighted by atomic mass is 32.1. The summed E-state index contributed by atoms with van der Waals surface area (Å²) < 4.78 is 6.14. The quantitative estimate of drug-likeness (QED) is 0.422. The van der Waals surface area contributed by atoms with Gasteiger partial charge in [-0.25, -0.2) is 4.98 Å². The minimum Gasteiger partial charge on any atom is -0.494 e. The fraction of sp³-hybridized carbons (Fsp3) is 0.0667. The monoisotopic (exact) mass is 361 g/mol. The van der Waals surface area contributed by atoms with Crippen LogP contribution in [-0.4, -0.2) is 22.9 Å². The van der Waals surface area contributed by atoms with Gasteiger partial charge in [-0.05, 0) is 24.3 Å². The normalized spacial score (nSPS) is 11.0. The summed E-state index contributed by atoms with van der Waals surface area (Å²) in [6.07, 6.45) is 2.85. The lowest BCUT2D eigenvalue weighted by Crippen LogP contribution is -2.07. The molecule has 7 nitrogen and oxygen atoms in total. The Bertz CT molecular complexity index is 945. The molecule has 24 heavy (non-hydrogen) atoms. The maximum atomic E-state index is 12.0. The predicted molar refractivity (Wildman–Crippen MR) is 94.8 cm³/mol. The third-order valence-corrected chi connectivity index (χ3v) is 4.96. The minimum atomic E-state index is -0.462. The van der Waals surface area contributed by atoms with Crippen LogP contribution >= 0.6 is 22.7 Å². The molecule has 3 rings (SSSR count). The van der Waals surface area contributed by atoms with Gasteiger partial charge in [-0.3, -0.25) is 20.2 Å². The molecule has 0 fully saturated rings. The van der Waals surface area contributed by atoms with E-state index in [1.807, 2.05) is 12.1 Å². The lowest BCUT2D eigenvalue weighted by atomic mass is 10.3. The number of aromatic nitrogens is 1. The number of fused-ring (bicyclic) bond motifs is 1. The van der Waals surface area contributed by atoms with Gasteiger partial charge >= 0.3 is 5.00 Å². The van der Waals surface area contributed by atoms with E-state index in [0.717, 1.165) is 16.0 Å². The number of thiophene rings is 1. The zero-order valence-electron chi connectivity index (χ0n) is 12.4. The van der Waals surface area contributed by atoms with Crippen molar-refractivity contribution in [2.24, 2.45) is 0 Å². The van der Waals surface area contributed by atoms with Crippen LogP contribution in [0, 0.1) is 10.1 Å². The molecule has 0 saturated carbocycles. The predicted octanol–water partition coefficient (Wildman–Crippen LogP) is 3.93. The molecular weight excluding hydrogens is 350 g/mol. The van der Waals surface area contributed by atoms with Crippen molar-refractivity contribution in [3.63, 3.8) is 0 Å². The first kappa shape index (κ1) is 16.1. The Labute approximate surface area is 144 Å². The van der Waals surface area contributed by atoms with Crippen LogP contribution in [0.5, 0.6) is 5.75 Å². The second-order valence-corrected chi connectivity index (χ2v) is 6.71. The molecule has 1 amide bonds. The Morgan fingerprint density at radius 3 is 2.88 bits per heavy atom. The van der Waals surface area contributed by atoms with E-state index in [1.54, 1.807) is 19.2 Å². The Morgan fingerprint density at radius 1 is 1.33 bits per heavy atom. The van der Waals surface area contributed by atoms with Gasteiger partial charge in [0.1, 0.15) is 11.3 Å². The second-order valence-electron chi connectivity index (χ2n) is 4.58. The van der Waals surface area contributed by atoms with E-state index in [4.69, 9.17) is 4.74 Å². The number of hydrogen-bond acceptors (Lipinski definition) is 7. The third kappa shape index (κ3) is 3.42. The standard InChI is InChI=1S/C15H11N3O4S2/c1-22-10-3-2-4-11-14(10)17-15(24-11)16-12(19)7-5-9-6-8-13(23-9)18(20)21/h2-8H,1H3,(H,16,17,19)/b7-5+. The number of ether oxygens (including phenoxy) is 1. The van der Waals surface area contributed by atoms with Gasteiger partial charge in [0.05, 0.1) is 16.7 Å². The number of nitrogens with zero attached hydrogens (tertiary/aromatic N) is 2. The fourth-order valence-electron chi connectivity index (χ4n) is 1.98. The van der Waals surface area contributed by atoms with Crippen LogP contribution in [0.2, 0.25) is 0 Å². The summed E-state index contributed by atoms with van der Waals surface area (Å²) in [6.45, 7) is 0. The summed E-state index contributed by atoms with van der Waals surface area (Å²) in [6, 6.07) is 8.55. The molecule has 122 valence electrons. The van der Waals surface area contributed by atoms with Crippen molar-refractivity contribution < 1.29 is 14.5 Å². The highest BCUT2D eigenvalue weighted by Crippen LogP contribution is 2.32. The number of amides is 1. The molecule has 1 N–H and O–H groups in total. The van der Waals surface area contributed by atoms with Gasteiger partial charge < -0.3 is 4.74 Å². The van der Waals surface area contributed by atoms with Gasteiger partial charge in [0.15, 0.2) is 5.13 Å². The van der Waals surface area contributed by atoms with Crippen molar-refractivity contribution >= 4 is 55.0 Å². The molecule has 2 aromatic heterocycles. The number of carbonyl (C=O) groups excluding carboxylic acids is 1. The summed E-state index contributed by atoms with van der Waals surface area (Å²) in [7, 11) is 1.56. The molecule has 0 unspecified atom stereocenters. The Balaban J connectivity index is 1.72. The maximum absolute atomic E-state index is 12.0. The Morgan fingerprint density at radius 2 is 2.17 bits per heavy atom. The van der Waals surface area contributed by atoms with Crippen molar-refractivity contribution in [1.29, 1.82) is 0 Å². The number of hydrogen-bond donors (Lipinski definition) is 1. The van der Waals surface area contributed by atoms with Crippen LogP contribution in [-0.2, 0) is 4.79 Å². The largest absolute Gasteiger partial charge is 0.494 e. The minimum absolute atomic E-state index is 0.0355. The lowest BCUT2D eigenvalue weighted by molar-refractivity contribution is -0.380. The molecule has 3 aromatic rings. The maximum Gasteiger partial charge on any atom is 0.324 e. The smallest absolute Gasteiger partial charge is 0.324 e. The van der Waals surface area contributed by atoms with Crippen molar-refractivity contribution in [3.05, 3.63) is 51.4 Å². The number of nitro groups is 1. The number of nitrogens with one attached hydrogen (secondary N) is 1. The average molecular weight is 361 g/mol. The van der Waals surface area contributed by atoms with E-state index in [-0.39, 0.29) is 10.9 Å². The number of benzene rings is 1. The van der Waals surface area contributed by atoms with Crippen molar-refractivity contribution in [3.8, 4) is 5.75 Å². The second kappa shape index (κ2) is 6.77. The van der Waals surface area contributed by atoms with E-state index in [0.29, 0.717) is 21.3 Å². The van der Waals surface area contributed by atoms with Crippen LogP contribution in [0.4, 0.5) is 10.1 Å². The molecular formula is C15H11N3O4S2. The molecule has 9 heteroatoms. The van der Waals surface area contributed by atoms with Crippen molar-refractivity contribution in [2.45, 2.75) is 0 Å². The van der Waals surface area contributed by atoms with Crippen molar-refractivity contribution in [1.82, 2.24) is 4.98 Å². The molecule has 0 aliphatic rings. The molecule has 2 heterocycles. The van der Waals surface area contributed by atoms with Gasteiger partial charge in [0.2, 0.25) is 5.91 Å². The third-order valence-electron chi connectivity index (χ3n) is 3.02. The number of methoxy groups -OCH3 is 1. The molecule has 1 aromatic carbocycles. The van der Waals surface area contributed by atoms with Crippen LogP contribution < -0.4 is 10.1 Å². The van der Waals surface area contributed by atoms with E-state index >= 15 is 0 Å². The van der Waals surface area contributed by atoms with E-state index in [9.17, 15) is 14.9 Å². The first-order valence-corrected chi connectivity index (χ1v) is 8.37.